The first-order valence-electron chi connectivity index (χ1n) is 2.92. The summed E-state index contributed by atoms with van der Waals surface area (Å²) in [5.74, 6) is 0. The number of allylic oxidation sites excluding steroid dienone is 2. The van der Waals surface area contributed by atoms with Gasteiger partial charge < -0.3 is 5.73 Å². The Morgan fingerprint density at radius 2 is 2.33 bits per heavy atom. The van der Waals surface area contributed by atoms with Gasteiger partial charge in [0.25, 0.3) is 0 Å². The number of nitrogens with two attached hydrogens (primary N) is 1. The van der Waals surface area contributed by atoms with Crippen molar-refractivity contribution < 1.29 is 0 Å². The van der Waals surface area contributed by atoms with Gasteiger partial charge in [-0.15, -0.1) is 0 Å². The van der Waals surface area contributed by atoms with Gasteiger partial charge in [-0.3, -0.25) is 0 Å². The molecular formula is C6H9NS2. The quantitative estimate of drug-likeness (QED) is 0.624. The predicted molar refractivity (Wildman–Crippen MR) is 46.3 cm³/mol. The molecular weight excluding hydrogens is 150 g/mol. The molecule has 1 aliphatic carbocycles. The molecule has 0 bridgehead atoms. The molecule has 0 amide bonds. The Labute approximate surface area is 64.7 Å². The van der Waals surface area contributed by atoms with E-state index in [2.05, 4.69) is 12.2 Å². The fraction of sp³-hybridized carbons (Fsp3) is 0.500. The molecule has 9 heavy (non-hydrogen) atoms. The number of hydrogen-bond acceptors (Lipinski definition) is 3. The lowest BCUT2D eigenvalue weighted by molar-refractivity contribution is 0.898. The van der Waals surface area contributed by atoms with Gasteiger partial charge >= 0.3 is 0 Å². The van der Waals surface area contributed by atoms with Crippen molar-refractivity contribution in [3.05, 3.63) is 10.6 Å². The smallest absolute Gasteiger partial charge is 0.0388 e. The minimum absolute atomic E-state index is 1.04. The topological polar surface area (TPSA) is 26.0 Å². The van der Waals surface area contributed by atoms with Crippen LogP contribution in [0.4, 0.5) is 0 Å². The largest absolute Gasteiger partial charge is 0.401 e. The molecule has 0 aromatic heterocycles. The number of thioether (sulfide) groups is 1. The molecule has 3 heteroatoms. The standard InChI is InChI=1S/C6H9NS2/c7-5-2-1-3-6(5)9-4-8/h4H,1-3,7H2. The third-order valence-corrected chi connectivity index (χ3v) is 2.53. The van der Waals surface area contributed by atoms with E-state index in [9.17, 15) is 0 Å². The summed E-state index contributed by atoms with van der Waals surface area (Å²) >= 11 is 6.28. The van der Waals surface area contributed by atoms with Crippen molar-refractivity contribution in [2.24, 2.45) is 5.73 Å². The molecule has 0 saturated carbocycles. The fourth-order valence-electron chi connectivity index (χ4n) is 0.932. The van der Waals surface area contributed by atoms with Crippen molar-refractivity contribution in [1.29, 1.82) is 0 Å². The van der Waals surface area contributed by atoms with Crippen LogP contribution in [0.2, 0.25) is 0 Å². The highest BCUT2D eigenvalue weighted by Crippen LogP contribution is 2.30. The van der Waals surface area contributed by atoms with Crippen LogP contribution in [-0.2, 0) is 0 Å². The molecule has 0 heterocycles. The normalized spacial score (nSPS) is 18.7. The highest BCUT2D eigenvalue weighted by atomic mass is 32.2. The molecule has 0 aromatic rings. The van der Waals surface area contributed by atoms with Crippen LogP contribution in [0.15, 0.2) is 10.6 Å². The zero-order valence-corrected chi connectivity index (χ0v) is 6.73. The molecule has 0 radical (unpaired) electrons. The first-order valence-corrected chi connectivity index (χ1v) is 4.27. The molecule has 0 fully saturated rings. The van der Waals surface area contributed by atoms with Gasteiger partial charge in [-0.05, 0) is 19.3 Å². The van der Waals surface area contributed by atoms with E-state index in [-0.39, 0.29) is 0 Å². The van der Waals surface area contributed by atoms with Crippen LogP contribution >= 0.6 is 24.0 Å². The van der Waals surface area contributed by atoms with E-state index >= 15 is 0 Å². The minimum atomic E-state index is 1.04. The Bertz CT molecular complexity index is 151. The van der Waals surface area contributed by atoms with E-state index in [0.29, 0.717) is 0 Å². The SMILES string of the molecule is NC1=C(SC=S)CCC1. The second-order valence-corrected chi connectivity index (χ2v) is 3.51. The summed E-state index contributed by atoms with van der Waals surface area (Å²) in [6.07, 6.45) is 3.40. The molecule has 0 atom stereocenters. The third kappa shape index (κ3) is 1.69. The monoisotopic (exact) mass is 159 g/mol. The van der Waals surface area contributed by atoms with E-state index in [1.165, 1.54) is 11.3 Å². The molecule has 0 spiro atoms. The Morgan fingerprint density at radius 1 is 1.56 bits per heavy atom. The van der Waals surface area contributed by atoms with Gasteiger partial charge in [-0.1, -0.05) is 24.0 Å². The van der Waals surface area contributed by atoms with Crippen LogP contribution < -0.4 is 5.73 Å². The number of thiocarbonyl (C=S) groups is 1. The lowest BCUT2D eigenvalue weighted by Crippen LogP contribution is -1.93. The van der Waals surface area contributed by atoms with Crippen LogP contribution in [0.1, 0.15) is 19.3 Å². The zero-order valence-electron chi connectivity index (χ0n) is 5.09. The molecule has 1 nitrogen and oxygen atoms in total. The lowest BCUT2D eigenvalue weighted by atomic mass is 10.3. The van der Waals surface area contributed by atoms with Gasteiger partial charge in [0.1, 0.15) is 0 Å². The average Bonchev–Trinajstić information content (AvgIpc) is 2.18. The van der Waals surface area contributed by atoms with Gasteiger partial charge in [-0.25, -0.2) is 0 Å². The second kappa shape index (κ2) is 3.22. The van der Waals surface area contributed by atoms with E-state index in [1.807, 2.05) is 0 Å². The molecule has 0 aliphatic heterocycles. The van der Waals surface area contributed by atoms with Crippen molar-refractivity contribution in [3.63, 3.8) is 0 Å². The van der Waals surface area contributed by atoms with E-state index in [0.717, 1.165) is 18.5 Å². The van der Waals surface area contributed by atoms with E-state index in [1.54, 1.807) is 16.5 Å². The summed E-state index contributed by atoms with van der Waals surface area (Å²) in [6, 6.07) is 0. The molecule has 0 aromatic carbocycles. The maximum absolute atomic E-state index is 5.66. The van der Waals surface area contributed by atoms with Crippen LogP contribution in [0.5, 0.6) is 0 Å². The summed E-state index contributed by atoms with van der Waals surface area (Å²) in [4.78, 5) is 1.28. The molecule has 50 valence electrons. The van der Waals surface area contributed by atoms with Crippen molar-refractivity contribution in [2.75, 3.05) is 0 Å². The van der Waals surface area contributed by atoms with Crippen molar-refractivity contribution >= 4 is 28.7 Å². The fourth-order valence-corrected chi connectivity index (χ4v) is 1.91. The maximum Gasteiger partial charge on any atom is 0.0388 e. The maximum atomic E-state index is 5.66. The Morgan fingerprint density at radius 3 is 2.78 bits per heavy atom. The van der Waals surface area contributed by atoms with Crippen molar-refractivity contribution in [3.8, 4) is 0 Å². The summed E-state index contributed by atoms with van der Waals surface area (Å²) in [5.41, 5.74) is 6.70. The van der Waals surface area contributed by atoms with Crippen LogP contribution in [0, 0.1) is 0 Å². The van der Waals surface area contributed by atoms with Gasteiger partial charge in [0.2, 0.25) is 0 Å². The van der Waals surface area contributed by atoms with Crippen molar-refractivity contribution in [2.45, 2.75) is 19.3 Å². The summed E-state index contributed by atoms with van der Waals surface area (Å²) in [6.45, 7) is 0. The average molecular weight is 159 g/mol. The summed E-state index contributed by atoms with van der Waals surface area (Å²) < 4.78 is 1.67. The molecule has 1 aliphatic rings. The first kappa shape index (κ1) is 7.09. The van der Waals surface area contributed by atoms with Crippen LogP contribution in [0.3, 0.4) is 0 Å². The van der Waals surface area contributed by atoms with E-state index in [4.69, 9.17) is 5.73 Å². The number of hydrogen-bond donors (Lipinski definition) is 1. The highest BCUT2D eigenvalue weighted by molar-refractivity contribution is 8.23. The van der Waals surface area contributed by atoms with Gasteiger partial charge in [0, 0.05) is 15.3 Å². The minimum Gasteiger partial charge on any atom is -0.401 e. The second-order valence-electron chi connectivity index (χ2n) is 2.02. The van der Waals surface area contributed by atoms with Crippen LogP contribution in [0.25, 0.3) is 0 Å². The molecule has 2 N–H and O–H groups in total. The summed E-state index contributed by atoms with van der Waals surface area (Å²) in [5, 5.41) is 0. The first-order chi connectivity index (χ1) is 4.34. The highest BCUT2D eigenvalue weighted by Gasteiger charge is 2.09. The van der Waals surface area contributed by atoms with Gasteiger partial charge in [-0.2, -0.15) is 0 Å². The van der Waals surface area contributed by atoms with Crippen molar-refractivity contribution in [1.82, 2.24) is 0 Å². The molecule has 1 rings (SSSR count). The van der Waals surface area contributed by atoms with Gasteiger partial charge in [0.05, 0.1) is 0 Å². The number of rotatable bonds is 2. The van der Waals surface area contributed by atoms with Crippen LogP contribution in [-0.4, -0.2) is 4.70 Å². The van der Waals surface area contributed by atoms with E-state index < -0.39 is 0 Å². The zero-order chi connectivity index (χ0) is 6.69. The Hall–Kier alpha value is -0.0200. The Balaban J connectivity index is 2.54. The Kier molecular flexibility index (Phi) is 2.54. The third-order valence-electron chi connectivity index (χ3n) is 1.40. The lowest BCUT2D eigenvalue weighted by Gasteiger charge is -1.94. The van der Waals surface area contributed by atoms with Gasteiger partial charge in [0.15, 0.2) is 0 Å². The predicted octanol–water partition coefficient (Wildman–Crippen LogP) is 2.03. The summed E-state index contributed by atoms with van der Waals surface area (Å²) in [7, 11) is 0. The molecule has 0 saturated heterocycles. The molecule has 0 unspecified atom stereocenters.